The topological polar surface area (TPSA) is 20.3 Å². The first-order valence-corrected chi connectivity index (χ1v) is 6.89. The van der Waals surface area contributed by atoms with Gasteiger partial charge in [0.25, 0.3) is 0 Å². The maximum Gasteiger partial charge on any atom is 0.227 e. The van der Waals surface area contributed by atoms with Gasteiger partial charge in [-0.2, -0.15) is 12.6 Å². The Balaban J connectivity index is 2.38. The number of carbonyl (C=O) groups excluding carboxylic acids is 1. The Labute approximate surface area is 118 Å². The molecule has 1 atom stereocenters. The maximum absolute atomic E-state index is 13.1. The van der Waals surface area contributed by atoms with E-state index in [0.29, 0.717) is 28.9 Å². The van der Waals surface area contributed by atoms with Gasteiger partial charge in [0.2, 0.25) is 5.91 Å². The molecular formula is C11H10BrClFNOS. The van der Waals surface area contributed by atoms with Gasteiger partial charge in [-0.25, -0.2) is 4.39 Å². The summed E-state index contributed by atoms with van der Waals surface area (Å²) in [6.07, 6.45) is 0.462. The van der Waals surface area contributed by atoms with Crippen LogP contribution in [0.25, 0.3) is 0 Å². The van der Waals surface area contributed by atoms with Gasteiger partial charge in [0, 0.05) is 17.4 Å². The van der Waals surface area contributed by atoms with Crippen LogP contribution in [0.1, 0.15) is 6.42 Å². The van der Waals surface area contributed by atoms with Gasteiger partial charge < -0.3 is 4.90 Å². The minimum atomic E-state index is -0.428. The molecule has 0 spiro atoms. The highest BCUT2D eigenvalue weighted by Crippen LogP contribution is 2.38. The van der Waals surface area contributed by atoms with E-state index in [0.717, 1.165) is 0 Å². The van der Waals surface area contributed by atoms with E-state index in [9.17, 15) is 9.18 Å². The van der Waals surface area contributed by atoms with Crippen LogP contribution in [0.5, 0.6) is 0 Å². The summed E-state index contributed by atoms with van der Waals surface area (Å²) >= 11 is 13.4. The van der Waals surface area contributed by atoms with Crippen LogP contribution in [0.15, 0.2) is 16.6 Å². The molecule has 1 fully saturated rings. The number of halogens is 3. The van der Waals surface area contributed by atoms with E-state index in [1.54, 1.807) is 4.90 Å². The molecule has 1 heterocycles. The van der Waals surface area contributed by atoms with Gasteiger partial charge in [-0.05, 0) is 39.7 Å². The van der Waals surface area contributed by atoms with Crippen LogP contribution < -0.4 is 4.90 Å². The van der Waals surface area contributed by atoms with Crippen molar-refractivity contribution in [1.29, 1.82) is 0 Å². The Morgan fingerprint density at radius 2 is 2.29 bits per heavy atom. The third-order valence-electron chi connectivity index (χ3n) is 2.71. The van der Waals surface area contributed by atoms with Crippen molar-refractivity contribution in [2.45, 2.75) is 6.42 Å². The smallest absolute Gasteiger partial charge is 0.227 e. The lowest BCUT2D eigenvalue weighted by Gasteiger charge is -2.19. The molecule has 0 aromatic heterocycles. The molecule has 1 unspecified atom stereocenters. The molecule has 1 aliphatic heterocycles. The third-order valence-corrected chi connectivity index (χ3v) is 4.12. The van der Waals surface area contributed by atoms with Crippen molar-refractivity contribution in [2.75, 3.05) is 17.2 Å². The lowest BCUT2D eigenvalue weighted by Crippen LogP contribution is -2.25. The average Bonchev–Trinajstić information content (AvgIpc) is 2.59. The number of hydrogen-bond donors (Lipinski definition) is 1. The molecule has 0 aliphatic carbocycles. The van der Waals surface area contributed by atoms with Crippen molar-refractivity contribution in [1.82, 2.24) is 0 Å². The van der Waals surface area contributed by atoms with Crippen LogP contribution in [-0.4, -0.2) is 18.2 Å². The summed E-state index contributed by atoms with van der Waals surface area (Å²) in [5.74, 6) is 0.443. The number of carbonyl (C=O) groups is 1. The zero-order chi connectivity index (χ0) is 12.6. The summed E-state index contributed by atoms with van der Waals surface area (Å²) in [5, 5.41) is 0.241. The van der Waals surface area contributed by atoms with Crippen molar-refractivity contribution in [3.05, 3.63) is 27.4 Å². The lowest BCUT2D eigenvalue weighted by molar-refractivity contribution is -0.117. The van der Waals surface area contributed by atoms with Gasteiger partial charge in [0.05, 0.1) is 10.7 Å². The van der Waals surface area contributed by atoms with E-state index in [1.807, 2.05) is 0 Å². The highest BCUT2D eigenvalue weighted by Gasteiger charge is 2.32. The molecule has 2 nitrogen and oxygen atoms in total. The summed E-state index contributed by atoms with van der Waals surface area (Å²) in [7, 11) is 0. The molecule has 0 saturated carbocycles. The Kier molecular flexibility index (Phi) is 4.00. The summed E-state index contributed by atoms with van der Waals surface area (Å²) in [6.45, 7) is 0.576. The fraction of sp³-hybridized carbons (Fsp3) is 0.364. The highest BCUT2D eigenvalue weighted by atomic mass is 79.9. The number of nitrogens with zero attached hydrogens (tertiary/aromatic N) is 1. The molecule has 0 bridgehead atoms. The number of rotatable bonds is 2. The summed E-state index contributed by atoms with van der Waals surface area (Å²) < 4.78 is 13.6. The van der Waals surface area contributed by atoms with Crippen LogP contribution in [0, 0.1) is 11.7 Å². The maximum atomic E-state index is 13.1. The Morgan fingerprint density at radius 1 is 1.59 bits per heavy atom. The van der Waals surface area contributed by atoms with Crippen molar-refractivity contribution < 1.29 is 9.18 Å². The molecule has 2 rings (SSSR count). The molecule has 92 valence electrons. The molecule has 0 radical (unpaired) electrons. The monoisotopic (exact) mass is 337 g/mol. The molecule has 17 heavy (non-hydrogen) atoms. The predicted molar refractivity (Wildman–Crippen MR) is 73.4 cm³/mol. The van der Waals surface area contributed by atoms with Gasteiger partial charge in [0.15, 0.2) is 0 Å². The standard InChI is InChI=1S/C11H10BrClFNOS/c12-8-2-7(14)3-9(13)11(8)15-4-6(5-17)1-10(15)16/h2-3,6,17H,1,4-5H2. The summed E-state index contributed by atoms with van der Waals surface area (Å²) in [5.41, 5.74) is 0.544. The number of hydrogen-bond acceptors (Lipinski definition) is 2. The van der Waals surface area contributed by atoms with Crippen molar-refractivity contribution in [2.24, 2.45) is 5.92 Å². The summed E-state index contributed by atoms with van der Waals surface area (Å²) in [4.78, 5) is 13.4. The Hall–Kier alpha value is -0.260. The first-order chi connectivity index (χ1) is 8.02. The van der Waals surface area contributed by atoms with E-state index in [1.165, 1.54) is 12.1 Å². The van der Waals surface area contributed by atoms with Crippen LogP contribution in [0.2, 0.25) is 5.02 Å². The van der Waals surface area contributed by atoms with E-state index < -0.39 is 5.82 Å². The number of benzene rings is 1. The Morgan fingerprint density at radius 3 is 2.82 bits per heavy atom. The first-order valence-electron chi connectivity index (χ1n) is 5.08. The second kappa shape index (κ2) is 5.16. The van der Waals surface area contributed by atoms with Crippen LogP contribution in [0.3, 0.4) is 0 Å². The van der Waals surface area contributed by atoms with Gasteiger partial charge in [-0.3, -0.25) is 4.79 Å². The largest absolute Gasteiger partial charge is 0.310 e. The molecule has 1 amide bonds. The van der Waals surface area contributed by atoms with Crippen molar-refractivity contribution >= 4 is 51.8 Å². The van der Waals surface area contributed by atoms with Crippen LogP contribution >= 0.6 is 40.2 Å². The van der Waals surface area contributed by atoms with E-state index in [2.05, 4.69) is 28.6 Å². The molecule has 0 N–H and O–H groups in total. The highest BCUT2D eigenvalue weighted by molar-refractivity contribution is 9.10. The summed E-state index contributed by atoms with van der Waals surface area (Å²) in [6, 6.07) is 2.52. The van der Waals surface area contributed by atoms with Gasteiger partial charge >= 0.3 is 0 Å². The number of anilines is 1. The molecule has 1 aromatic rings. The number of thiol groups is 1. The molecule has 1 saturated heterocycles. The quantitative estimate of drug-likeness (QED) is 0.818. The van der Waals surface area contributed by atoms with Crippen LogP contribution in [0.4, 0.5) is 10.1 Å². The minimum Gasteiger partial charge on any atom is -0.310 e. The second-order valence-corrected chi connectivity index (χ2v) is 5.60. The SMILES string of the molecule is O=C1CC(CS)CN1c1c(Cl)cc(F)cc1Br. The van der Waals surface area contributed by atoms with Gasteiger partial charge in [-0.1, -0.05) is 11.6 Å². The zero-order valence-electron chi connectivity index (χ0n) is 8.79. The zero-order valence-corrected chi connectivity index (χ0v) is 12.0. The number of amides is 1. The predicted octanol–water partition coefficient (Wildman–Crippen LogP) is 3.52. The Bertz CT molecular complexity index is 448. The fourth-order valence-electron chi connectivity index (χ4n) is 1.91. The molecule has 1 aliphatic rings. The van der Waals surface area contributed by atoms with Crippen LogP contribution in [-0.2, 0) is 4.79 Å². The third kappa shape index (κ3) is 2.61. The first kappa shape index (κ1) is 13.2. The van der Waals surface area contributed by atoms with E-state index in [-0.39, 0.29) is 16.8 Å². The molecule has 6 heteroatoms. The van der Waals surface area contributed by atoms with E-state index in [4.69, 9.17) is 11.6 Å². The van der Waals surface area contributed by atoms with Gasteiger partial charge in [-0.15, -0.1) is 0 Å². The van der Waals surface area contributed by atoms with Gasteiger partial charge in [0.1, 0.15) is 5.82 Å². The molecule has 1 aromatic carbocycles. The minimum absolute atomic E-state index is 0.00161. The fourth-order valence-corrected chi connectivity index (χ4v) is 3.23. The van der Waals surface area contributed by atoms with Crippen molar-refractivity contribution in [3.63, 3.8) is 0 Å². The average molecular weight is 339 g/mol. The van der Waals surface area contributed by atoms with Crippen molar-refractivity contribution in [3.8, 4) is 0 Å². The normalized spacial score (nSPS) is 20.1. The molecular weight excluding hydrogens is 329 g/mol. The lowest BCUT2D eigenvalue weighted by atomic mass is 10.1. The second-order valence-electron chi connectivity index (χ2n) is 3.98. The van der Waals surface area contributed by atoms with E-state index >= 15 is 0 Å².